The standard InChI is InChI=1S/C14H28O2Si/c1-14(2,3)17(4,5)16-11-13-8-6-7-12(9-13)10-15/h10,12-13H,6-9,11H2,1-5H3. The summed E-state index contributed by atoms with van der Waals surface area (Å²) >= 11 is 0. The van der Waals surface area contributed by atoms with Crippen LogP contribution in [-0.4, -0.2) is 21.2 Å². The molecule has 2 nitrogen and oxygen atoms in total. The van der Waals surface area contributed by atoms with Crippen molar-refractivity contribution in [3.8, 4) is 0 Å². The van der Waals surface area contributed by atoms with Gasteiger partial charge in [0.25, 0.3) is 0 Å². The lowest BCUT2D eigenvalue weighted by atomic mass is 9.83. The summed E-state index contributed by atoms with van der Waals surface area (Å²) in [7, 11) is -1.61. The lowest BCUT2D eigenvalue weighted by Gasteiger charge is -2.38. The first kappa shape index (κ1) is 14.9. The normalized spacial score (nSPS) is 26.9. The van der Waals surface area contributed by atoms with E-state index in [4.69, 9.17) is 4.43 Å². The summed E-state index contributed by atoms with van der Waals surface area (Å²) in [6.07, 6.45) is 5.69. The Bertz CT molecular complexity index is 255. The average Bonchev–Trinajstić information content (AvgIpc) is 2.25. The van der Waals surface area contributed by atoms with Crippen LogP contribution in [0.2, 0.25) is 18.1 Å². The van der Waals surface area contributed by atoms with Crippen LogP contribution in [0.15, 0.2) is 0 Å². The summed E-state index contributed by atoms with van der Waals surface area (Å²) in [6.45, 7) is 12.3. The molecule has 0 spiro atoms. The van der Waals surface area contributed by atoms with E-state index in [2.05, 4.69) is 33.9 Å². The summed E-state index contributed by atoms with van der Waals surface area (Å²) in [5.74, 6) is 0.893. The molecule has 17 heavy (non-hydrogen) atoms. The Kier molecular flexibility index (Phi) is 4.96. The highest BCUT2D eigenvalue weighted by Crippen LogP contribution is 2.38. The van der Waals surface area contributed by atoms with Gasteiger partial charge in [-0.2, -0.15) is 0 Å². The smallest absolute Gasteiger partial charge is 0.191 e. The molecule has 1 aliphatic rings. The largest absolute Gasteiger partial charge is 0.417 e. The van der Waals surface area contributed by atoms with Crippen molar-refractivity contribution in [2.24, 2.45) is 11.8 Å². The molecule has 1 fully saturated rings. The van der Waals surface area contributed by atoms with Gasteiger partial charge in [0.05, 0.1) is 0 Å². The second-order valence-corrected chi connectivity index (χ2v) is 11.8. The van der Waals surface area contributed by atoms with Gasteiger partial charge in [0, 0.05) is 12.5 Å². The molecule has 0 aromatic rings. The fourth-order valence-electron chi connectivity index (χ4n) is 2.15. The number of hydrogen-bond donors (Lipinski definition) is 0. The lowest BCUT2D eigenvalue weighted by molar-refractivity contribution is -0.112. The first-order valence-electron chi connectivity index (χ1n) is 6.85. The topological polar surface area (TPSA) is 26.3 Å². The molecule has 1 rings (SSSR count). The molecule has 0 aromatic heterocycles. The van der Waals surface area contributed by atoms with Crippen LogP contribution in [0.4, 0.5) is 0 Å². The maximum atomic E-state index is 10.8. The fraction of sp³-hybridized carbons (Fsp3) is 0.929. The molecular formula is C14H28O2Si. The zero-order valence-corrected chi connectivity index (χ0v) is 13.1. The Morgan fingerprint density at radius 3 is 2.47 bits per heavy atom. The number of hydrogen-bond acceptors (Lipinski definition) is 2. The van der Waals surface area contributed by atoms with E-state index in [0.29, 0.717) is 5.92 Å². The van der Waals surface area contributed by atoms with Gasteiger partial charge >= 0.3 is 0 Å². The van der Waals surface area contributed by atoms with E-state index in [1.54, 1.807) is 0 Å². The molecule has 0 bridgehead atoms. The monoisotopic (exact) mass is 256 g/mol. The molecule has 100 valence electrons. The predicted octanol–water partition coefficient (Wildman–Crippen LogP) is 4.01. The van der Waals surface area contributed by atoms with Crippen LogP contribution < -0.4 is 0 Å². The zero-order valence-electron chi connectivity index (χ0n) is 12.1. The molecule has 0 radical (unpaired) electrons. The van der Waals surface area contributed by atoms with Crippen LogP contribution in [-0.2, 0) is 9.22 Å². The minimum atomic E-state index is -1.61. The third-order valence-electron chi connectivity index (χ3n) is 4.50. The molecule has 0 aliphatic heterocycles. The first-order chi connectivity index (χ1) is 7.76. The van der Waals surface area contributed by atoms with Gasteiger partial charge in [-0.15, -0.1) is 0 Å². The molecule has 0 amide bonds. The highest BCUT2D eigenvalue weighted by Gasteiger charge is 2.37. The number of rotatable bonds is 4. The zero-order chi connectivity index (χ0) is 13.1. The lowest BCUT2D eigenvalue weighted by Crippen LogP contribution is -2.42. The molecule has 2 atom stereocenters. The summed E-state index contributed by atoms with van der Waals surface area (Å²) in [4.78, 5) is 10.8. The molecule has 0 aromatic carbocycles. The van der Waals surface area contributed by atoms with Crippen molar-refractivity contribution in [3.63, 3.8) is 0 Å². The van der Waals surface area contributed by atoms with Crippen molar-refractivity contribution >= 4 is 14.6 Å². The SMILES string of the molecule is CC(C)(C)[Si](C)(C)OCC1CCCC(C=O)C1. The highest BCUT2D eigenvalue weighted by atomic mass is 28.4. The van der Waals surface area contributed by atoms with Crippen molar-refractivity contribution < 1.29 is 9.22 Å². The maximum absolute atomic E-state index is 10.8. The van der Waals surface area contributed by atoms with Crippen LogP contribution in [0.1, 0.15) is 46.5 Å². The van der Waals surface area contributed by atoms with E-state index in [-0.39, 0.29) is 11.0 Å². The van der Waals surface area contributed by atoms with Gasteiger partial charge in [0.1, 0.15) is 6.29 Å². The van der Waals surface area contributed by atoms with E-state index in [1.807, 2.05) is 0 Å². The third kappa shape index (κ3) is 4.22. The molecule has 3 heteroatoms. The number of carbonyl (C=O) groups is 1. The van der Waals surface area contributed by atoms with E-state index in [9.17, 15) is 4.79 Å². The fourth-order valence-corrected chi connectivity index (χ4v) is 3.24. The van der Waals surface area contributed by atoms with Crippen molar-refractivity contribution in [2.75, 3.05) is 6.61 Å². The minimum absolute atomic E-state index is 0.283. The Morgan fingerprint density at radius 1 is 1.29 bits per heavy atom. The molecule has 2 unspecified atom stereocenters. The maximum Gasteiger partial charge on any atom is 0.191 e. The highest BCUT2D eigenvalue weighted by molar-refractivity contribution is 6.74. The Morgan fingerprint density at radius 2 is 1.94 bits per heavy atom. The summed E-state index contributed by atoms with van der Waals surface area (Å²) in [6, 6.07) is 0. The molecule has 1 saturated carbocycles. The third-order valence-corrected chi connectivity index (χ3v) is 9.00. The Balaban J connectivity index is 2.42. The van der Waals surface area contributed by atoms with Gasteiger partial charge in [-0.1, -0.05) is 27.2 Å². The average molecular weight is 256 g/mol. The van der Waals surface area contributed by atoms with E-state index < -0.39 is 8.32 Å². The van der Waals surface area contributed by atoms with Crippen molar-refractivity contribution in [1.82, 2.24) is 0 Å². The van der Waals surface area contributed by atoms with Crippen LogP contribution >= 0.6 is 0 Å². The molecule has 0 heterocycles. The summed E-state index contributed by atoms with van der Waals surface area (Å²) < 4.78 is 6.25. The minimum Gasteiger partial charge on any atom is -0.417 e. The number of aldehydes is 1. The van der Waals surface area contributed by atoms with Gasteiger partial charge in [-0.25, -0.2) is 0 Å². The molecule has 0 saturated heterocycles. The van der Waals surface area contributed by atoms with E-state index >= 15 is 0 Å². The van der Waals surface area contributed by atoms with Gasteiger partial charge in [-0.3, -0.25) is 0 Å². The van der Waals surface area contributed by atoms with Crippen LogP contribution in [0.5, 0.6) is 0 Å². The Hall–Kier alpha value is -0.153. The molecule has 0 N–H and O–H groups in total. The van der Waals surface area contributed by atoms with Crippen molar-refractivity contribution in [2.45, 2.75) is 64.6 Å². The van der Waals surface area contributed by atoms with Crippen LogP contribution in [0.3, 0.4) is 0 Å². The molecule has 1 aliphatic carbocycles. The summed E-state index contributed by atoms with van der Waals surface area (Å²) in [5, 5.41) is 0.283. The van der Waals surface area contributed by atoms with Crippen LogP contribution in [0, 0.1) is 11.8 Å². The van der Waals surface area contributed by atoms with Crippen molar-refractivity contribution in [3.05, 3.63) is 0 Å². The first-order valence-corrected chi connectivity index (χ1v) is 9.76. The second-order valence-electron chi connectivity index (χ2n) is 7.00. The van der Waals surface area contributed by atoms with E-state index in [0.717, 1.165) is 25.7 Å². The quantitative estimate of drug-likeness (QED) is 0.561. The Labute approximate surface area is 107 Å². The molecular weight excluding hydrogens is 228 g/mol. The second kappa shape index (κ2) is 5.66. The van der Waals surface area contributed by atoms with Gasteiger partial charge in [0.15, 0.2) is 8.32 Å². The van der Waals surface area contributed by atoms with Gasteiger partial charge in [0.2, 0.25) is 0 Å². The predicted molar refractivity (Wildman–Crippen MR) is 74.7 cm³/mol. The number of carbonyl (C=O) groups excluding carboxylic acids is 1. The van der Waals surface area contributed by atoms with E-state index in [1.165, 1.54) is 12.8 Å². The van der Waals surface area contributed by atoms with Gasteiger partial charge < -0.3 is 9.22 Å². The van der Waals surface area contributed by atoms with Crippen LogP contribution in [0.25, 0.3) is 0 Å². The van der Waals surface area contributed by atoms with Crippen molar-refractivity contribution in [1.29, 1.82) is 0 Å². The summed E-state index contributed by atoms with van der Waals surface area (Å²) in [5.41, 5.74) is 0. The van der Waals surface area contributed by atoms with Gasteiger partial charge in [-0.05, 0) is 43.3 Å².